The predicted molar refractivity (Wildman–Crippen MR) is 60.1 cm³/mol. The fourth-order valence-electron chi connectivity index (χ4n) is 1.12. The van der Waals surface area contributed by atoms with Gasteiger partial charge in [0.2, 0.25) is 0 Å². The molecule has 0 aliphatic heterocycles. The van der Waals surface area contributed by atoms with Gasteiger partial charge in [-0.2, -0.15) is 11.8 Å². The van der Waals surface area contributed by atoms with E-state index in [1.54, 1.807) is 12.1 Å². The predicted octanol–water partition coefficient (Wildman–Crippen LogP) is 2.31. The van der Waals surface area contributed by atoms with Gasteiger partial charge in [0.25, 0.3) is 0 Å². The van der Waals surface area contributed by atoms with Gasteiger partial charge in [0.15, 0.2) is 6.29 Å². The molecule has 1 aromatic carbocycles. The van der Waals surface area contributed by atoms with Crippen molar-refractivity contribution in [2.24, 2.45) is 0 Å². The van der Waals surface area contributed by atoms with Crippen LogP contribution in [-0.2, 0) is 5.75 Å². The minimum atomic E-state index is -1.35. The maximum atomic E-state index is 8.88. The summed E-state index contributed by atoms with van der Waals surface area (Å²) < 4.78 is 0. The van der Waals surface area contributed by atoms with Crippen LogP contribution in [0.4, 0.5) is 0 Å². The fraction of sp³-hybridized carbons (Fsp3) is 0.455. The third-order valence-corrected chi connectivity index (χ3v) is 3.13. The van der Waals surface area contributed by atoms with Crippen LogP contribution in [0.1, 0.15) is 30.8 Å². The second kappa shape index (κ2) is 6.06. The van der Waals surface area contributed by atoms with E-state index in [4.69, 9.17) is 10.2 Å². The van der Waals surface area contributed by atoms with E-state index in [9.17, 15) is 0 Å². The summed E-state index contributed by atoms with van der Waals surface area (Å²) in [5.74, 6) is 2.17. The lowest BCUT2D eigenvalue weighted by Crippen LogP contribution is -1.94. The summed E-state index contributed by atoms with van der Waals surface area (Å²) in [5.41, 5.74) is 1.78. The van der Waals surface area contributed by atoms with Crippen LogP contribution in [0.5, 0.6) is 0 Å². The zero-order valence-corrected chi connectivity index (χ0v) is 9.13. The lowest BCUT2D eigenvalue weighted by Gasteiger charge is -2.05. The molecule has 2 N–H and O–H groups in total. The standard InChI is InChI=1S/C11H16O2S/c1-2-7-14-8-9-3-5-10(6-4-9)11(12)13/h3-6,11-13H,2,7-8H2,1H3. The molecule has 0 saturated heterocycles. The molecule has 1 rings (SSSR count). The molecule has 0 heterocycles. The molecule has 0 aromatic heterocycles. The van der Waals surface area contributed by atoms with Crippen LogP contribution in [-0.4, -0.2) is 16.0 Å². The Morgan fingerprint density at radius 1 is 1.21 bits per heavy atom. The Kier molecular flexibility index (Phi) is 5.01. The van der Waals surface area contributed by atoms with Crippen molar-refractivity contribution >= 4 is 11.8 Å². The van der Waals surface area contributed by atoms with Crippen LogP contribution in [0.3, 0.4) is 0 Å². The first kappa shape index (κ1) is 11.6. The highest BCUT2D eigenvalue weighted by atomic mass is 32.2. The Morgan fingerprint density at radius 2 is 1.86 bits per heavy atom. The Labute approximate surface area is 89.0 Å². The second-order valence-corrected chi connectivity index (χ2v) is 4.27. The number of hydrogen-bond acceptors (Lipinski definition) is 3. The van der Waals surface area contributed by atoms with Crippen LogP contribution < -0.4 is 0 Å². The third kappa shape index (κ3) is 3.70. The minimum Gasteiger partial charge on any atom is -0.364 e. The van der Waals surface area contributed by atoms with Gasteiger partial charge in [-0.1, -0.05) is 31.2 Å². The molecule has 0 fully saturated rings. The number of aliphatic hydroxyl groups is 2. The van der Waals surface area contributed by atoms with Gasteiger partial charge in [-0.15, -0.1) is 0 Å². The summed E-state index contributed by atoms with van der Waals surface area (Å²) in [5, 5.41) is 17.8. The van der Waals surface area contributed by atoms with Crippen molar-refractivity contribution in [3.8, 4) is 0 Å². The van der Waals surface area contributed by atoms with Gasteiger partial charge >= 0.3 is 0 Å². The van der Waals surface area contributed by atoms with Crippen molar-refractivity contribution in [1.29, 1.82) is 0 Å². The van der Waals surface area contributed by atoms with Crippen molar-refractivity contribution in [2.75, 3.05) is 5.75 Å². The fourth-order valence-corrected chi connectivity index (χ4v) is 1.98. The van der Waals surface area contributed by atoms with Crippen LogP contribution >= 0.6 is 11.8 Å². The Morgan fingerprint density at radius 3 is 2.36 bits per heavy atom. The number of hydrogen-bond donors (Lipinski definition) is 2. The summed E-state index contributed by atoms with van der Waals surface area (Å²) in [6.45, 7) is 2.16. The summed E-state index contributed by atoms with van der Waals surface area (Å²) in [6.07, 6.45) is -0.162. The van der Waals surface area contributed by atoms with Crippen molar-refractivity contribution in [2.45, 2.75) is 25.4 Å². The lowest BCUT2D eigenvalue weighted by molar-refractivity contribution is -0.0424. The Hall–Kier alpha value is -0.510. The Bertz CT molecular complexity index is 256. The molecule has 0 aliphatic carbocycles. The molecule has 0 saturated carbocycles. The van der Waals surface area contributed by atoms with Gasteiger partial charge in [-0.05, 0) is 17.7 Å². The molecule has 1 aromatic rings. The van der Waals surface area contributed by atoms with Crippen LogP contribution in [0.25, 0.3) is 0 Å². The number of benzene rings is 1. The highest BCUT2D eigenvalue weighted by molar-refractivity contribution is 7.98. The van der Waals surface area contributed by atoms with E-state index in [-0.39, 0.29) is 0 Å². The van der Waals surface area contributed by atoms with Crippen molar-refractivity contribution in [3.05, 3.63) is 35.4 Å². The molecule has 0 bridgehead atoms. The quantitative estimate of drug-likeness (QED) is 0.581. The van der Waals surface area contributed by atoms with Gasteiger partial charge in [0.05, 0.1) is 0 Å². The normalized spacial score (nSPS) is 10.9. The Balaban J connectivity index is 2.47. The maximum absolute atomic E-state index is 8.88. The van der Waals surface area contributed by atoms with E-state index in [0.717, 1.165) is 5.75 Å². The van der Waals surface area contributed by atoms with Crippen LogP contribution in [0.15, 0.2) is 24.3 Å². The van der Waals surface area contributed by atoms with Crippen LogP contribution in [0.2, 0.25) is 0 Å². The largest absolute Gasteiger partial charge is 0.364 e. The lowest BCUT2D eigenvalue weighted by atomic mass is 10.1. The number of aliphatic hydroxyl groups excluding tert-OH is 1. The van der Waals surface area contributed by atoms with E-state index >= 15 is 0 Å². The minimum absolute atomic E-state index is 0.550. The topological polar surface area (TPSA) is 40.5 Å². The monoisotopic (exact) mass is 212 g/mol. The van der Waals surface area contributed by atoms with Crippen molar-refractivity contribution < 1.29 is 10.2 Å². The van der Waals surface area contributed by atoms with Gasteiger partial charge in [-0.3, -0.25) is 0 Å². The summed E-state index contributed by atoms with van der Waals surface area (Å²) in [6, 6.07) is 7.40. The van der Waals surface area contributed by atoms with Crippen LogP contribution in [0, 0.1) is 0 Å². The highest BCUT2D eigenvalue weighted by Crippen LogP contribution is 2.16. The molecule has 0 radical (unpaired) electrons. The molecular weight excluding hydrogens is 196 g/mol. The van der Waals surface area contributed by atoms with Crippen molar-refractivity contribution in [3.63, 3.8) is 0 Å². The molecule has 78 valence electrons. The average Bonchev–Trinajstić information content (AvgIpc) is 2.19. The molecule has 3 heteroatoms. The number of rotatable bonds is 5. The molecule has 0 amide bonds. The average molecular weight is 212 g/mol. The van der Waals surface area contributed by atoms with E-state index in [1.165, 1.54) is 17.7 Å². The zero-order valence-electron chi connectivity index (χ0n) is 8.31. The van der Waals surface area contributed by atoms with E-state index in [0.29, 0.717) is 5.56 Å². The van der Waals surface area contributed by atoms with Gasteiger partial charge in [-0.25, -0.2) is 0 Å². The molecule has 14 heavy (non-hydrogen) atoms. The smallest absolute Gasteiger partial charge is 0.178 e. The van der Waals surface area contributed by atoms with Crippen molar-refractivity contribution in [1.82, 2.24) is 0 Å². The highest BCUT2D eigenvalue weighted by Gasteiger charge is 2.01. The number of thioether (sulfide) groups is 1. The summed E-state index contributed by atoms with van der Waals surface area (Å²) >= 11 is 1.90. The van der Waals surface area contributed by atoms with E-state index in [1.807, 2.05) is 23.9 Å². The van der Waals surface area contributed by atoms with Gasteiger partial charge in [0.1, 0.15) is 0 Å². The molecular formula is C11H16O2S. The van der Waals surface area contributed by atoms with Gasteiger partial charge in [0, 0.05) is 11.3 Å². The SMILES string of the molecule is CCCSCc1ccc(C(O)O)cc1. The first-order valence-corrected chi connectivity index (χ1v) is 5.92. The molecule has 0 unspecified atom stereocenters. The third-order valence-electron chi connectivity index (χ3n) is 1.90. The zero-order chi connectivity index (χ0) is 10.4. The molecule has 0 atom stereocenters. The first-order valence-electron chi connectivity index (χ1n) is 4.76. The molecule has 2 nitrogen and oxygen atoms in total. The maximum Gasteiger partial charge on any atom is 0.178 e. The summed E-state index contributed by atoms with van der Waals surface area (Å²) in [4.78, 5) is 0. The van der Waals surface area contributed by atoms with Gasteiger partial charge < -0.3 is 10.2 Å². The molecule has 0 aliphatic rings. The molecule has 0 spiro atoms. The first-order chi connectivity index (χ1) is 6.74. The van der Waals surface area contributed by atoms with E-state index in [2.05, 4.69) is 6.92 Å². The second-order valence-electron chi connectivity index (χ2n) is 3.17. The summed E-state index contributed by atoms with van der Waals surface area (Å²) in [7, 11) is 0. The van der Waals surface area contributed by atoms with E-state index < -0.39 is 6.29 Å².